The van der Waals surface area contributed by atoms with Crippen molar-refractivity contribution in [1.29, 1.82) is 0 Å². The van der Waals surface area contributed by atoms with E-state index in [9.17, 15) is 9.18 Å². The lowest BCUT2D eigenvalue weighted by Crippen LogP contribution is -2.41. The van der Waals surface area contributed by atoms with Gasteiger partial charge in [-0.1, -0.05) is 0 Å². The Bertz CT molecular complexity index is 454. The van der Waals surface area contributed by atoms with E-state index in [1.54, 1.807) is 4.90 Å². The lowest BCUT2D eigenvalue weighted by molar-refractivity contribution is -0.134. The smallest absolute Gasteiger partial charge is 0.224 e. The molecule has 2 rings (SSSR count). The van der Waals surface area contributed by atoms with E-state index in [2.05, 4.69) is 15.3 Å². The van der Waals surface area contributed by atoms with Crippen LogP contribution >= 0.6 is 11.6 Å². The van der Waals surface area contributed by atoms with Crippen molar-refractivity contribution in [2.75, 3.05) is 38.2 Å². The van der Waals surface area contributed by atoms with E-state index in [-0.39, 0.29) is 23.4 Å². The minimum atomic E-state index is -0.594. The molecule has 1 aliphatic heterocycles. The average molecular weight is 289 g/mol. The number of hydrogen-bond donors (Lipinski definition) is 1. The summed E-state index contributed by atoms with van der Waals surface area (Å²) in [6.07, 6.45) is 1.25. The molecule has 8 heteroatoms. The Kier molecular flexibility index (Phi) is 4.86. The fourth-order valence-electron chi connectivity index (χ4n) is 1.73. The van der Waals surface area contributed by atoms with E-state index in [1.807, 2.05) is 0 Å². The Balaban J connectivity index is 1.79. The zero-order valence-corrected chi connectivity index (χ0v) is 11.0. The molecule has 1 aromatic rings. The zero-order valence-electron chi connectivity index (χ0n) is 10.2. The van der Waals surface area contributed by atoms with E-state index in [1.165, 1.54) is 0 Å². The molecule has 0 spiro atoms. The fourth-order valence-corrected chi connectivity index (χ4v) is 1.86. The minimum absolute atomic E-state index is 0.00905. The summed E-state index contributed by atoms with van der Waals surface area (Å²) in [5.41, 5.74) is 0. The number of carbonyl (C=O) groups is 1. The monoisotopic (exact) mass is 288 g/mol. The molecule has 0 radical (unpaired) electrons. The number of ether oxygens (including phenoxy) is 1. The zero-order chi connectivity index (χ0) is 13.7. The van der Waals surface area contributed by atoms with E-state index in [0.717, 1.165) is 6.20 Å². The Hall–Kier alpha value is -1.47. The SMILES string of the molecule is O=C(CCNc1nc(Cl)ncc1F)N1CCOCC1. The summed E-state index contributed by atoms with van der Waals surface area (Å²) < 4.78 is 18.5. The lowest BCUT2D eigenvalue weighted by Gasteiger charge is -2.26. The highest BCUT2D eigenvalue weighted by Crippen LogP contribution is 2.12. The summed E-state index contributed by atoms with van der Waals surface area (Å²) in [4.78, 5) is 20.8. The van der Waals surface area contributed by atoms with E-state index < -0.39 is 5.82 Å². The van der Waals surface area contributed by atoms with Crippen LogP contribution in [0.5, 0.6) is 0 Å². The third kappa shape index (κ3) is 4.00. The first kappa shape index (κ1) is 14.0. The average Bonchev–Trinajstić information content (AvgIpc) is 2.43. The molecule has 6 nitrogen and oxygen atoms in total. The van der Waals surface area contributed by atoms with Crippen molar-refractivity contribution in [2.45, 2.75) is 6.42 Å². The van der Waals surface area contributed by atoms with Crippen LogP contribution in [0.4, 0.5) is 10.2 Å². The topological polar surface area (TPSA) is 67.4 Å². The maximum absolute atomic E-state index is 13.3. The molecule has 1 aliphatic rings. The van der Waals surface area contributed by atoms with Gasteiger partial charge < -0.3 is 15.0 Å². The van der Waals surface area contributed by atoms with Crippen LogP contribution in [-0.4, -0.2) is 53.6 Å². The standard InChI is InChI=1S/C11H14ClFN4O2/c12-11-15-7-8(13)10(16-11)14-2-1-9(18)17-3-5-19-6-4-17/h7H,1-6H2,(H,14,15,16). The Morgan fingerprint density at radius 3 is 3.00 bits per heavy atom. The molecule has 0 unspecified atom stereocenters. The van der Waals surface area contributed by atoms with Gasteiger partial charge in [-0.05, 0) is 11.6 Å². The molecule has 1 fully saturated rings. The number of halogens is 2. The minimum Gasteiger partial charge on any atom is -0.378 e. The number of anilines is 1. The van der Waals surface area contributed by atoms with Crippen molar-refractivity contribution in [3.63, 3.8) is 0 Å². The lowest BCUT2D eigenvalue weighted by atomic mass is 10.3. The molecule has 1 N–H and O–H groups in total. The third-order valence-corrected chi connectivity index (χ3v) is 2.89. The summed E-state index contributed by atoms with van der Waals surface area (Å²) in [6, 6.07) is 0. The van der Waals surface area contributed by atoms with Gasteiger partial charge in [0.15, 0.2) is 11.6 Å². The van der Waals surface area contributed by atoms with Gasteiger partial charge in [-0.15, -0.1) is 0 Å². The second-order valence-electron chi connectivity index (χ2n) is 4.01. The fraction of sp³-hybridized carbons (Fsp3) is 0.545. The highest BCUT2D eigenvalue weighted by molar-refractivity contribution is 6.28. The van der Waals surface area contributed by atoms with Gasteiger partial charge in [0, 0.05) is 26.1 Å². The van der Waals surface area contributed by atoms with Crippen molar-refractivity contribution in [3.05, 3.63) is 17.3 Å². The third-order valence-electron chi connectivity index (χ3n) is 2.71. The van der Waals surface area contributed by atoms with Crippen molar-refractivity contribution in [2.24, 2.45) is 0 Å². The van der Waals surface area contributed by atoms with E-state index in [0.29, 0.717) is 32.8 Å². The van der Waals surface area contributed by atoms with E-state index in [4.69, 9.17) is 16.3 Å². The highest BCUT2D eigenvalue weighted by Gasteiger charge is 2.16. The molecule has 1 saturated heterocycles. The first-order valence-corrected chi connectivity index (χ1v) is 6.32. The number of nitrogens with zero attached hydrogens (tertiary/aromatic N) is 3. The molecular formula is C11H14ClFN4O2. The van der Waals surface area contributed by atoms with Gasteiger partial charge in [-0.2, -0.15) is 4.98 Å². The van der Waals surface area contributed by atoms with Crippen LogP contribution in [0.15, 0.2) is 6.20 Å². The number of rotatable bonds is 4. The summed E-state index contributed by atoms with van der Waals surface area (Å²) in [6.45, 7) is 2.63. The Morgan fingerprint density at radius 2 is 2.26 bits per heavy atom. The molecule has 0 saturated carbocycles. The first-order chi connectivity index (χ1) is 9.16. The normalized spacial score (nSPS) is 15.4. The number of nitrogens with one attached hydrogen (secondary N) is 1. The summed E-state index contributed by atoms with van der Waals surface area (Å²) in [7, 11) is 0. The van der Waals surface area contributed by atoms with Crippen molar-refractivity contribution in [3.8, 4) is 0 Å². The van der Waals surface area contributed by atoms with Crippen LogP contribution in [0.3, 0.4) is 0 Å². The number of amides is 1. The van der Waals surface area contributed by atoms with Gasteiger partial charge in [0.05, 0.1) is 19.4 Å². The van der Waals surface area contributed by atoms with Crippen molar-refractivity contribution < 1.29 is 13.9 Å². The van der Waals surface area contributed by atoms with Gasteiger partial charge in [-0.3, -0.25) is 4.79 Å². The molecule has 19 heavy (non-hydrogen) atoms. The van der Waals surface area contributed by atoms with Crippen molar-refractivity contribution in [1.82, 2.24) is 14.9 Å². The van der Waals surface area contributed by atoms with Crippen LogP contribution in [0.1, 0.15) is 6.42 Å². The van der Waals surface area contributed by atoms with Crippen LogP contribution in [0, 0.1) is 5.82 Å². The number of carbonyl (C=O) groups excluding carboxylic acids is 1. The van der Waals surface area contributed by atoms with Crippen LogP contribution < -0.4 is 5.32 Å². The predicted octanol–water partition coefficient (Wildman–Crippen LogP) is 0.930. The number of morpholine rings is 1. The predicted molar refractivity (Wildman–Crippen MR) is 67.5 cm³/mol. The summed E-state index contributed by atoms with van der Waals surface area (Å²) in [5.74, 6) is -0.575. The van der Waals surface area contributed by atoms with Gasteiger partial charge in [-0.25, -0.2) is 9.37 Å². The first-order valence-electron chi connectivity index (χ1n) is 5.94. The second kappa shape index (κ2) is 6.63. The van der Waals surface area contributed by atoms with Crippen molar-refractivity contribution >= 4 is 23.3 Å². The summed E-state index contributed by atoms with van der Waals surface area (Å²) in [5, 5.41) is 2.70. The molecule has 104 valence electrons. The maximum Gasteiger partial charge on any atom is 0.224 e. The molecule has 0 aromatic carbocycles. The van der Waals surface area contributed by atoms with Crippen LogP contribution in [-0.2, 0) is 9.53 Å². The molecule has 2 heterocycles. The van der Waals surface area contributed by atoms with Gasteiger partial charge >= 0.3 is 0 Å². The quantitative estimate of drug-likeness (QED) is 0.835. The Morgan fingerprint density at radius 1 is 1.53 bits per heavy atom. The molecule has 0 atom stereocenters. The molecule has 1 amide bonds. The number of hydrogen-bond acceptors (Lipinski definition) is 5. The van der Waals surface area contributed by atoms with Crippen LogP contribution in [0.25, 0.3) is 0 Å². The number of aromatic nitrogens is 2. The van der Waals surface area contributed by atoms with Crippen LogP contribution in [0.2, 0.25) is 5.28 Å². The Labute approximate surface area is 114 Å². The maximum atomic E-state index is 13.3. The molecular weight excluding hydrogens is 275 g/mol. The molecule has 1 aromatic heterocycles. The molecule has 0 aliphatic carbocycles. The van der Waals surface area contributed by atoms with Gasteiger partial charge in [0.1, 0.15) is 0 Å². The van der Waals surface area contributed by atoms with E-state index >= 15 is 0 Å². The molecule has 0 bridgehead atoms. The largest absolute Gasteiger partial charge is 0.378 e. The second-order valence-corrected chi connectivity index (χ2v) is 4.34. The summed E-state index contributed by atoms with van der Waals surface area (Å²) >= 11 is 5.56. The van der Waals surface area contributed by atoms with Gasteiger partial charge in [0.2, 0.25) is 11.2 Å². The highest BCUT2D eigenvalue weighted by atomic mass is 35.5. The van der Waals surface area contributed by atoms with Gasteiger partial charge in [0.25, 0.3) is 0 Å².